The van der Waals surface area contributed by atoms with Crippen molar-refractivity contribution in [2.75, 3.05) is 0 Å². The van der Waals surface area contributed by atoms with Crippen molar-refractivity contribution in [1.29, 1.82) is 0 Å². The van der Waals surface area contributed by atoms with Gasteiger partial charge in [0, 0.05) is 5.56 Å². The van der Waals surface area contributed by atoms with Gasteiger partial charge in [-0.1, -0.05) is 35.3 Å². The van der Waals surface area contributed by atoms with Gasteiger partial charge in [0.05, 0.1) is 5.60 Å². The molecule has 5 heteroatoms. The molecule has 22 heavy (non-hydrogen) atoms. The van der Waals surface area contributed by atoms with Crippen LogP contribution in [-0.2, 0) is 6.42 Å². The number of aliphatic hydroxyl groups is 1. The molecule has 1 N–H and O–H groups in total. The van der Waals surface area contributed by atoms with Crippen molar-refractivity contribution >= 4 is 23.2 Å². The predicted molar refractivity (Wildman–Crippen MR) is 89.0 cm³/mol. The van der Waals surface area contributed by atoms with Crippen molar-refractivity contribution < 1.29 is 9.50 Å². The molecular weight excluding hydrogens is 324 g/mol. The van der Waals surface area contributed by atoms with Crippen LogP contribution in [0.1, 0.15) is 31.4 Å². The quantitative estimate of drug-likeness (QED) is 0.774. The van der Waals surface area contributed by atoms with Crippen molar-refractivity contribution in [3.63, 3.8) is 0 Å². The smallest absolute Gasteiger partial charge is 0.134 e. The molecule has 0 fully saturated rings. The Kier molecular flexibility index (Phi) is 5.10. The van der Waals surface area contributed by atoms with Gasteiger partial charge in [-0.3, -0.25) is 0 Å². The van der Waals surface area contributed by atoms with Crippen LogP contribution in [0.4, 0.5) is 4.39 Å². The average molecular weight is 342 g/mol. The average Bonchev–Trinajstić information content (AvgIpc) is 2.35. The van der Waals surface area contributed by atoms with E-state index in [0.29, 0.717) is 29.5 Å². The van der Waals surface area contributed by atoms with Crippen molar-refractivity contribution in [3.05, 3.63) is 51.5 Å². The van der Waals surface area contributed by atoms with Crippen molar-refractivity contribution in [2.24, 2.45) is 0 Å². The summed E-state index contributed by atoms with van der Waals surface area (Å²) < 4.78 is 14.3. The highest BCUT2D eigenvalue weighted by atomic mass is 35.5. The van der Waals surface area contributed by atoms with Crippen LogP contribution in [-0.4, -0.2) is 15.7 Å². The number of nitrogens with zero attached hydrogens (tertiary/aromatic N) is 1. The number of hydrogen-bond acceptors (Lipinski definition) is 2. The summed E-state index contributed by atoms with van der Waals surface area (Å²) in [4.78, 5) is 4.03. The van der Waals surface area contributed by atoms with Gasteiger partial charge < -0.3 is 5.11 Å². The van der Waals surface area contributed by atoms with Gasteiger partial charge in [0.1, 0.15) is 16.1 Å². The molecule has 0 amide bonds. The van der Waals surface area contributed by atoms with Crippen LogP contribution in [0.2, 0.25) is 10.3 Å². The molecule has 2 rings (SSSR count). The normalized spacial score (nSPS) is 11.8. The lowest BCUT2D eigenvalue weighted by Crippen LogP contribution is -2.19. The Morgan fingerprint density at radius 3 is 2.45 bits per heavy atom. The first-order valence-electron chi connectivity index (χ1n) is 7.01. The van der Waals surface area contributed by atoms with Crippen LogP contribution in [0.5, 0.6) is 0 Å². The Bertz CT molecular complexity index is 696. The van der Waals surface area contributed by atoms with E-state index < -0.39 is 5.60 Å². The van der Waals surface area contributed by atoms with Crippen molar-refractivity contribution in [2.45, 2.75) is 39.2 Å². The molecule has 1 aromatic carbocycles. The summed E-state index contributed by atoms with van der Waals surface area (Å²) in [7, 11) is 0. The van der Waals surface area contributed by atoms with Gasteiger partial charge in [-0.15, -0.1) is 0 Å². The van der Waals surface area contributed by atoms with E-state index in [2.05, 4.69) is 4.98 Å². The van der Waals surface area contributed by atoms with Gasteiger partial charge in [-0.05, 0) is 62.4 Å². The summed E-state index contributed by atoms with van der Waals surface area (Å²) in [6.45, 7) is 5.27. The van der Waals surface area contributed by atoms with E-state index in [-0.39, 0.29) is 16.1 Å². The summed E-state index contributed by atoms with van der Waals surface area (Å²) in [5, 5.41) is 10.4. The summed E-state index contributed by atoms with van der Waals surface area (Å²) in [6.07, 6.45) is 0.964. The maximum absolute atomic E-state index is 14.3. The third-order valence-corrected chi connectivity index (χ3v) is 3.95. The molecule has 1 heterocycles. The molecule has 0 spiro atoms. The Hall–Kier alpha value is -1.16. The Morgan fingerprint density at radius 2 is 1.86 bits per heavy atom. The summed E-state index contributed by atoms with van der Waals surface area (Å²) in [6, 6.07) is 6.62. The monoisotopic (exact) mass is 341 g/mol. The van der Waals surface area contributed by atoms with Crippen molar-refractivity contribution in [3.8, 4) is 11.1 Å². The van der Waals surface area contributed by atoms with Crippen LogP contribution in [0.3, 0.4) is 0 Å². The fourth-order valence-electron chi connectivity index (χ4n) is 2.26. The highest BCUT2D eigenvalue weighted by Crippen LogP contribution is 2.34. The van der Waals surface area contributed by atoms with E-state index >= 15 is 0 Å². The van der Waals surface area contributed by atoms with Gasteiger partial charge in [-0.25, -0.2) is 9.37 Å². The summed E-state index contributed by atoms with van der Waals surface area (Å²) in [5.74, 6) is -0.331. The lowest BCUT2D eigenvalue weighted by atomic mass is 9.93. The van der Waals surface area contributed by atoms with Gasteiger partial charge in [-0.2, -0.15) is 0 Å². The molecule has 0 saturated carbocycles. The minimum atomic E-state index is -0.841. The first kappa shape index (κ1) is 17.2. The standard InChI is InChI=1S/C17H18Cl2FNO/c1-10-4-5-11(14(20)8-10)13-9-15(18)21-16(19)12(13)6-7-17(2,3)22/h4-5,8-9,22H,6-7H2,1-3H3. The molecule has 0 aliphatic carbocycles. The number of hydrogen-bond donors (Lipinski definition) is 1. The third kappa shape index (κ3) is 4.19. The van der Waals surface area contributed by atoms with E-state index in [9.17, 15) is 9.50 Å². The summed E-state index contributed by atoms with van der Waals surface area (Å²) in [5.41, 5.74) is 1.74. The van der Waals surface area contributed by atoms with Gasteiger partial charge in [0.2, 0.25) is 0 Å². The molecule has 0 aliphatic rings. The van der Waals surface area contributed by atoms with Gasteiger partial charge >= 0.3 is 0 Å². The maximum Gasteiger partial charge on any atom is 0.134 e. The molecule has 0 radical (unpaired) electrons. The molecule has 118 valence electrons. The van der Waals surface area contributed by atoms with Crippen LogP contribution >= 0.6 is 23.2 Å². The summed E-state index contributed by atoms with van der Waals surface area (Å²) >= 11 is 12.2. The molecule has 2 aromatic rings. The fourth-order valence-corrected chi connectivity index (χ4v) is 2.78. The number of aromatic nitrogens is 1. The van der Waals surface area contributed by atoms with E-state index in [4.69, 9.17) is 23.2 Å². The molecule has 2 nitrogen and oxygen atoms in total. The Balaban J connectivity index is 2.53. The minimum absolute atomic E-state index is 0.215. The van der Waals surface area contributed by atoms with E-state index in [0.717, 1.165) is 5.56 Å². The minimum Gasteiger partial charge on any atom is -0.390 e. The van der Waals surface area contributed by atoms with Gasteiger partial charge in [0.25, 0.3) is 0 Å². The Morgan fingerprint density at radius 1 is 1.18 bits per heavy atom. The third-order valence-electron chi connectivity index (χ3n) is 3.44. The number of halogens is 3. The van der Waals surface area contributed by atoms with Crippen LogP contribution in [0.25, 0.3) is 11.1 Å². The maximum atomic E-state index is 14.3. The largest absolute Gasteiger partial charge is 0.390 e. The molecule has 1 aromatic heterocycles. The topological polar surface area (TPSA) is 33.1 Å². The SMILES string of the molecule is Cc1ccc(-c2cc(Cl)nc(Cl)c2CCC(C)(C)O)c(F)c1. The molecule has 0 atom stereocenters. The molecule has 0 unspecified atom stereocenters. The number of rotatable bonds is 4. The number of benzene rings is 1. The first-order chi connectivity index (χ1) is 10.2. The van der Waals surface area contributed by atoms with Crippen molar-refractivity contribution in [1.82, 2.24) is 4.98 Å². The second kappa shape index (κ2) is 6.53. The fraction of sp³-hybridized carbons (Fsp3) is 0.353. The zero-order chi connectivity index (χ0) is 16.5. The van der Waals surface area contributed by atoms with E-state index in [1.54, 1.807) is 26.0 Å². The highest BCUT2D eigenvalue weighted by molar-refractivity contribution is 6.33. The highest BCUT2D eigenvalue weighted by Gasteiger charge is 2.19. The molecular formula is C17H18Cl2FNO. The van der Waals surface area contributed by atoms with Crippen LogP contribution < -0.4 is 0 Å². The predicted octanol–water partition coefficient (Wildman–Crippen LogP) is 5.21. The van der Waals surface area contributed by atoms with E-state index in [1.807, 2.05) is 13.0 Å². The second-order valence-corrected chi connectivity index (χ2v) is 6.80. The zero-order valence-electron chi connectivity index (χ0n) is 12.8. The van der Waals surface area contributed by atoms with Gasteiger partial charge in [0.15, 0.2) is 0 Å². The number of pyridine rings is 1. The molecule has 0 aliphatic heterocycles. The van der Waals surface area contributed by atoms with Crippen LogP contribution in [0, 0.1) is 12.7 Å². The van der Waals surface area contributed by atoms with E-state index in [1.165, 1.54) is 6.07 Å². The first-order valence-corrected chi connectivity index (χ1v) is 7.77. The lowest BCUT2D eigenvalue weighted by Gasteiger charge is -2.19. The lowest BCUT2D eigenvalue weighted by molar-refractivity contribution is 0.0714. The Labute approximate surface area is 139 Å². The number of aryl methyl sites for hydroxylation is 1. The molecule has 0 bridgehead atoms. The second-order valence-electron chi connectivity index (χ2n) is 6.06. The molecule has 0 saturated heterocycles. The van der Waals surface area contributed by atoms with Crippen LogP contribution in [0.15, 0.2) is 24.3 Å². The zero-order valence-corrected chi connectivity index (χ0v) is 14.3.